The van der Waals surface area contributed by atoms with Crippen molar-refractivity contribution in [3.8, 4) is 5.75 Å². The monoisotopic (exact) mass is 584 g/mol. The number of nitrogens with one attached hydrogen (secondary N) is 2. The van der Waals surface area contributed by atoms with Gasteiger partial charge in [-0.05, 0) is 23.3 Å². The van der Waals surface area contributed by atoms with Gasteiger partial charge in [-0.1, -0.05) is 35.1 Å². The van der Waals surface area contributed by atoms with Gasteiger partial charge in [0.1, 0.15) is 39.5 Å². The summed E-state index contributed by atoms with van der Waals surface area (Å²) < 4.78 is 10.4. The fourth-order valence-electron chi connectivity index (χ4n) is 3.58. The number of fused-ring (bicyclic) bond motifs is 1. The van der Waals surface area contributed by atoms with Crippen molar-refractivity contribution in [1.29, 1.82) is 0 Å². The summed E-state index contributed by atoms with van der Waals surface area (Å²) in [6.07, 6.45) is 0.355. The Bertz CT molecular complexity index is 1300. The van der Waals surface area contributed by atoms with E-state index in [9.17, 15) is 24.0 Å². The van der Waals surface area contributed by atoms with Crippen LogP contribution >= 0.6 is 46.3 Å². The highest BCUT2D eigenvalue weighted by molar-refractivity contribution is 8.00. The van der Waals surface area contributed by atoms with E-state index in [2.05, 4.69) is 15.6 Å². The standard InChI is InChI=1S/C22H18Cl2N4O7S2/c1-34-12-4-2-10(3-5-12)7-35-21(33)15-11(6-23)8-36-20-14(19(32)28(15)20)26-18(31)16(30)13-17(24)37-22(27-13)25-9-29/h2-5,9,14,20H,6-8H2,1H3,(H,26,31)(H,25,27,29)/t14-,20-/m1/s1. The molecule has 1 saturated heterocycles. The van der Waals surface area contributed by atoms with Crippen LogP contribution in [0.25, 0.3) is 0 Å². The van der Waals surface area contributed by atoms with Crippen LogP contribution < -0.4 is 15.4 Å². The predicted molar refractivity (Wildman–Crippen MR) is 137 cm³/mol. The Morgan fingerprint density at radius 1 is 1.27 bits per heavy atom. The number of carbonyl (C=O) groups excluding carboxylic acids is 5. The van der Waals surface area contributed by atoms with E-state index < -0.39 is 35.0 Å². The van der Waals surface area contributed by atoms with E-state index in [0.29, 0.717) is 23.5 Å². The Hall–Kier alpha value is -3.13. The zero-order valence-electron chi connectivity index (χ0n) is 19.0. The van der Waals surface area contributed by atoms with Gasteiger partial charge in [0.15, 0.2) is 5.13 Å². The van der Waals surface area contributed by atoms with Crippen LogP contribution in [0, 0.1) is 0 Å². The minimum atomic E-state index is -1.10. The fourth-order valence-corrected chi connectivity index (χ4v) is 6.26. The summed E-state index contributed by atoms with van der Waals surface area (Å²) in [5, 5.41) is 4.04. The molecular weight excluding hydrogens is 567 g/mol. The molecule has 2 aliphatic heterocycles. The first-order valence-corrected chi connectivity index (χ1v) is 13.3. The van der Waals surface area contributed by atoms with E-state index in [1.165, 1.54) is 16.7 Å². The minimum absolute atomic E-state index is 0.00542. The molecule has 0 bridgehead atoms. The van der Waals surface area contributed by atoms with E-state index in [4.69, 9.17) is 32.7 Å². The number of amides is 3. The summed E-state index contributed by atoms with van der Waals surface area (Å²) in [5.41, 5.74) is 0.915. The number of alkyl halides is 1. The van der Waals surface area contributed by atoms with Crippen molar-refractivity contribution in [1.82, 2.24) is 15.2 Å². The molecule has 2 aliphatic rings. The van der Waals surface area contributed by atoms with Crippen LogP contribution in [0.2, 0.25) is 4.34 Å². The molecule has 0 spiro atoms. The maximum absolute atomic E-state index is 13.0. The fraction of sp³-hybridized carbons (Fsp3) is 0.273. The lowest BCUT2D eigenvalue weighted by molar-refractivity contribution is -0.153. The number of methoxy groups -OCH3 is 1. The summed E-state index contributed by atoms with van der Waals surface area (Å²) in [6.45, 7) is -0.0360. The molecule has 1 aromatic heterocycles. The number of carbonyl (C=O) groups is 5. The Morgan fingerprint density at radius 2 is 2.00 bits per heavy atom. The van der Waals surface area contributed by atoms with E-state index in [1.54, 1.807) is 31.4 Å². The Morgan fingerprint density at radius 3 is 2.65 bits per heavy atom. The Kier molecular flexibility index (Phi) is 8.37. The number of anilines is 1. The van der Waals surface area contributed by atoms with E-state index in [0.717, 1.165) is 16.9 Å². The van der Waals surface area contributed by atoms with Gasteiger partial charge < -0.3 is 20.1 Å². The number of thiazole rings is 1. The van der Waals surface area contributed by atoms with Crippen molar-refractivity contribution in [2.45, 2.75) is 18.0 Å². The third kappa shape index (κ3) is 5.44. The van der Waals surface area contributed by atoms with Crippen LogP contribution in [-0.4, -0.2) is 70.0 Å². The van der Waals surface area contributed by atoms with Crippen molar-refractivity contribution < 1.29 is 33.4 Å². The average molecular weight is 585 g/mol. The van der Waals surface area contributed by atoms with Gasteiger partial charge in [0.2, 0.25) is 6.41 Å². The quantitative estimate of drug-likeness (QED) is 0.107. The number of halogens is 2. The normalized spacial score (nSPS) is 18.5. The van der Waals surface area contributed by atoms with Gasteiger partial charge in [0.05, 0.1) is 7.11 Å². The lowest BCUT2D eigenvalue weighted by atomic mass is 10.0. The largest absolute Gasteiger partial charge is 0.497 e. The molecule has 2 N–H and O–H groups in total. The summed E-state index contributed by atoms with van der Waals surface area (Å²) in [5.74, 6) is -2.50. The van der Waals surface area contributed by atoms with Crippen LogP contribution in [0.4, 0.5) is 5.13 Å². The van der Waals surface area contributed by atoms with Crippen LogP contribution in [0.5, 0.6) is 5.75 Å². The summed E-state index contributed by atoms with van der Waals surface area (Å²) in [6, 6.07) is 5.88. The van der Waals surface area contributed by atoms with Gasteiger partial charge >= 0.3 is 5.97 Å². The first-order valence-electron chi connectivity index (χ1n) is 10.5. The summed E-state index contributed by atoms with van der Waals surface area (Å²) in [4.78, 5) is 66.7. The van der Waals surface area contributed by atoms with Gasteiger partial charge in [-0.3, -0.25) is 24.1 Å². The molecule has 37 heavy (non-hydrogen) atoms. The molecule has 15 heteroatoms. The van der Waals surface area contributed by atoms with Crippen molar-refractivity contribution in [3.63, 3.8) is 0 Å². The smallest absolute Gasteiger partial charge is 0.355 e. The first kappa shape index (κ1) is 26.9. The SMILES string of the molecule is COc1ccc(COC(=O)C2=C(CCl)CS[C@@H]3[C@H](NC(=O)C(=O)c4nc(NC=O)sc4Cl)C(=O)N23)cc1. The number of β-lactam (4-membered cyclic amide) rings is 1. The van der Waals surface area contributed by atoms with Gasteiger partial charge in [-0.2, -0.15) is 0 Å². The number of ketones is 1. The second-order valence-electron chi connectivity index (χ2n) is 7.60. The van der Waals surface area contributed by atoms with Gasteiger partial charge in [0.25, 0.3) is 17.6 Å². The van der Waals surface area contributed by atoms with Crippen molar-refractivity contribution in [2.24, 2.45) is 0 Å². The van der Waals surface area contributed by atoms with Crippen LogP contribution in [0.1, 0.15) is 16.1 Å². The number of hydrogen-bond donors (Lipinski definition) is 2. The minimum Gasteiger partial charge on any atom is -0.497 e. The third-order valence-electron chi connectivity index (χ3n) is 5.41. The second kappa shape index (κ2) is 11.5. The maximum Gasteiger partial charge on any atom is 0.355 e. The van der Waals surface area contributed by atoms with E-state index >= 15 is 0 Å². The molecule has 11 nitrogen and oxygen atoms in total. The lowest BCUT2D eigenvalue weighted by Gasteiger charge is -2.49. The number of Topliss-reactive ketones (excluding diaryl/α,β-unsaturated/α-hetero) is 1. The van der Waals surface area contributed by atoms with Crippen molar-refractivity contribution >= 4 is 81.4 Å². The average Bonchev–Trinajstić information content (AvgIpc) is 3.28. The van der Waals surface area contributed by atoms with Crippen molar-refractivity contribution in [2.75, 3.05) is 24.1 Å². The topological polar surface area (TPSA) is 144 Å². The zero-order chi connectivity index (χ0) is 26.7. The number of nitrogens with zero attached hydrogens (tertiary/aromatic N) is 2. The van der Waals surface area contributed by atoms with Crippen molar-refractivity contribution in [3.05, 3.63) is 51.1 Å². The number of esters is 1. The number of aromatic nitrogens is 1. The molecule has 0 aliphatic carbocycles. The summed E-state index contributed by atoms with van der Waals surface area (Å²) in [7, 11) is 1.54. The van der Waals surface area contributed by atoms with Gasteiger partial charge in [-0.25, -0.2) is 9.78 Å². The summed E-state index contributed by atoms with van der Waals surface area (Å²) >= 11 is 14.1. The number of thioether (sulfide) groups is 1. The number of ether oxygens (including phenoxy) is 2. The Labute approximate surface area is 228 Å². The molecule has 3 amide bonds. The molecule has 1 fully saturated rings. The lowest BCUT2D eigenvalue weighted by Crippen LogP contribution is -2.71. The first-order chi connectivity index (χ1) is 17.8. The molecule has 0 saturated carbocycles. The third-order valence-corrected chi connectivity index (χ3v) is 8.25. The zero-order valence-corrected chi connectivity index (χ0v) is 22.1. The molecule has 0 radical (unpaired) electrons. The van der Waals surface area contributed by atoms with E-state index in [-0.39, 0.29) is 33.3 Å². The molecule has 4 rings (SSSR count). The van der Waals surface area contributed by atoms with E-state index in [1.807, 2.05) is 0 Å². The molecule has 0 unspecified atom stereocenters. The van der Waals surface area contributed by atoms with Crippen LogP contribution in [0.15, 0.2) is 35.5 Å². The highest BCUT2D eigenvalue weighted by Crippen LogP contribution is 2.41. The Balaban J connectivity index is 1.43. The molecule has 2 aromatic rings. The molecule has 3 heterocycles. The predicted octanol–water partition coefficient (Wildman–Crippen LogP) is 2.19. The van der Waals surface area contributed by atoms with Crippen LogP contribution in [0.3, 0.4) is 0 Å². The van der Waals surface area contributed by atoms with Gasteiger partial charge in [0, 0.05) is 11.6 Å². The van der Waals surface area contributed by atoms with Gasteiger partial charge in [-0.15, -0.1) is 23.4 Å². The number of benzene rings is 1. The number of rotatable bonds is 10. The molecular formula is C22H18Cl2N4O7S2. The highest BCUT2D eigenvalue weighted by atomic mass is 35.5. The molecule has 1 aromatic carbocycles. The highest BCUT2D eigenvalue weighted by Gasteiger charge is 2.54. The molecule has 2 atom stereocenters. The maximum atomic E-state index is 13.0. The second-order valence-corrected chi connectivity index (χ2v) is 10.6. The number of hydrogen-bond acceptors (Lipinski definition) is 10. The molecule has 194 valence electrons. The van der Waals surface area contributed by atoms with Crippen LogP contribution in [-0.2, 0) is 30.5 Å².